The lowest BCUT2D eigenvalue weighted by atomic mass is 10.2. The van der Waals surface area contributed by atoms with Crippen LogP contribution in [-0.4, -0.2) is 41.2 Å². The highest BCUT2D eigenvalue weighted by Gasteiger charge is 2.27. The predicted octanol–water partition coefficient (Wildman–Crippen LogP) is 1.18. The first kappa shape index (κ1) is 15.5. The molecular formula is C13H11F2N3O4. The van der Waals surface area contributed by atoms with Crippen molar-refractivity contribution in [2.24, 2.45) is 0 Å². The van der Waals surface area contributed by atoms with Gasteiger partial charge >= 0.3 is 11.9 Å². The van der Waals surface area contributed by atoms with Crippen LogP contribution in [0.3, 0.4) is 0 Å². The van der Waals surface area contributed by atoms with E-state index >= 15 is 0 Å². The smallest absolute Gasteiger partial charge is 0.361 e. The van der Waals surface area contributed by atoms with E-state index < -0.39 is 35.8 Å². The van der Waals surface area contributed by atoms with Crippen LogP contribution in [0.5, 0.6) is 0 Å². The van der Waals surface area contributed by atoms with E-state index in [1.165, 1.54) is 6.07 Å². The van der Waals surface area contributed by atoms with Gasteiger partial charge in [-0.3, -0.25) is 0 Å². The van der Waals surface area contributed by atoms with E-state index in [2.05, 4.69) is 19.8 Å². The summed E-state index contributed by atoms with van der Waals surface area (Å²) in [6, 6.07) is 3.33. The van der Waals surface area contributed by atoms with Gasteiger partial charge in [0.25, 0.3) is 0 Å². The minimum Gasteiger partial charge on any atom is -0.464 e. The Hall–Kier alpha value is -2.84. The fourth-order valence-corrected chi connectivity index (χ4v) is 1.79. The monoisotopic (exact) mass is 311 g/mol. The second-order valence-electron chi connectivity index (χ2n) is 4.13. The summed E-state index contributed by atoms with van der Waals surface area (Å²) < 4.78 is 37.2. The summed E-state index contributed by atoms with van der Waals surface area (Å²) in [5.41, 5.74) is -1.07. The average Bonchev–Trinajstić information content (AvgIpc) is 2.93. The molecule has 0 unspecified atom stereocenters. The lowest BCUT2D eigenvalue weighted by Gasteiger charge is -2.07. The number of halogens is 2. The summed E-state index contributed by atoms with van der Waals surface area (Å²) in [6.07, 6.45) is 0. The first-order chi connectivity index (χ1) is 10.5. The molecule has 9 heteroatoms. The maximum Gasteiger partial charge on any atom is 0.361 e. The van der Waals surface area contributed by atoms with Crippen LogP contribution in [0.4, 0.5) is 8.78 Å². The molecule has 0 saturated carbocycles. The van der Waals surface area contributed by atoms with Crippen LogP contribution in [0, 0.1) is 11.6 Å². The van der Waals surface area contributed by atoms with Crippen LogP contribution < -0.4 is 0 Å². The van der Waals surface area contributed by atoms with Gasteiger partial charge in [-0.25, -0.2) is 23.1 Å². The van der Waals surface area contributed by atoms with E-state index in [4.69, 9.17) is 0 Å². The number of rotatable bonds is 4. The largest absolute Gasteiger partial charge is 0.464 e. The highest BCUT2D eigenvalue weighted by molar-refractivity contribution is 6.00. The van der Waals surface area contributed by atoms with Crippen LogP contribution in [0.1, 0.15) is 26.5 Å². The molecule has 0 amide bonds. The van der Waals surface area contributed by atoms with E-state index in [0.29, 0.717) is 0 Å². The number of methoxy groups -OCH3 is 2. The normalized spacial score (nSPS) is 10.4. The van der Waals surface area contributed by atoms with Crippen molar-refractivity contribution < 1.29 is 27.8 Å². The molecule has 0 saturated heterocycles. The molecule has 0 spiro atoms. The number of carbonyl (C=O) groups is 2. The van der Waals surface area contributed by atoms with Crippen LogP contribution in [0.2, 0.25) is 0 Å². The summed E-state index contributed by atoms with van der Waals surface area (Å²) in [6.45, 7) is -0.438. The molecule has 0 aliphatic heterocycles. The molecule has 22 heavy (non-hydrogen) atoms. The zero-order chi connectivity index (χ0) is 16.3. The Morgan fingerprint density at radius 1 is 1.14 bits per heavy atom. The van der Waals surface area contributed by atoms with Gasteiger partial charge in [-0.2, -0.15) is 0 Å². The Morgan fingerprint density at radius 3 is 2.27 bits per heavy atom. The van der Waals surface area contributed by atoms with Crippen molar-refractivity contribution >= 4 is 11.9 Å². The Labute approximate surface area is 123 Å². The van der Waals surface area contributed by atoms with Gasteiger partial charge in [-0.1, -0.05) is 11.3 Å². The Bertz CT molecular complexity index is 710. The van der Waals surface area contributed by atoms with Gasteiger partial charge < -0.3 is 9.47 Å². The van der Waals surface area contributed by atoms with Gasteiger partial charge in [0, 0.05) is 5.56 Å². The van der Waals surface area contributed by atoms with Crippen molar-refractivity contribution in [2.75, 3.05) is 14.2 Å². The molecule has 0 aliphatic carbocycles. The number of benzene rings is 1. The number of nitrogens with zero attached hydrogens (tertiary/aromatic N) is 3. The van der Waals surface area contributed by atoms with E-state index in [9.17, 15) is 18.4 Å². The van der Waals surface area contributed by atoms with E-state index in [-0.39, 0.29) is 11.3 Å². The van der Waals surface area contributed by atoms with Gasteiger partial charge in [0.1, 0.15) is 11.6 Å². The zero-order valence-electron chi connectivity index (χ0n) is 11.7. The average molecular weight is 311 g/mol. The predicted molar refractivity (Wildman–Crippen MR) is 68.2 cm³/mol. The number of hydrogen-bond acceptors (Lipinski definition) is 6. The second kappa shape index (κ2) is 6.29. The van der Waals surface area contributed by atoms with Crippen LogP contribution in [0.15, 0.2) is 18.2 Å². The van der Waals surface area contributed by atoms with Crippen molar-refractivity contribution in [3.05, 3.63) is 46.8 Å². The molecule has 0 aliphatic rings. The minimum atomic E-state index is -0.929. The first-order valence-corrected chi connectivity index (χ1v) is 6.02. The summed E-state index contributed by atoms with van der Waals surface area (Å²) in [7, 11) is 2.18. The minimum absolute atomic E-state index is 0.325. The number of ether oxygens (including phenoxy) is 2. The number of aromatic nitrogens is 3. The molecule has 1 aromatic heterocycles. The van der Waals surface area contributed by atoms with E-state index in [0.717, 1.165) is 31.0 Å². The molecule has 0 atom stereocenters. The molecule has 1 aromatic carbocycles. The van der Waals surface area contributed by atoms with Gasteiger partial charge in [0.05, 0.1) is 20.8 Å². The van der Waals surface area contributed by atoms with Crippen molar-refractivity contribution in [2.45, 2.75) is 6.54 Å². The SMILES string of the molecule is COC(=O)c1nnn(Cc2c(F)cccc2F)c1C(=O)OC. The molecule has 7 nitrogen and oxygen atoms in total. The maximum atomic E-state index is 13.7. The zero-order valence-corrected chi connectivity index (χ0v) is 11.7. The Balaban J connectivity index is 2.50. The number of hydrogen-bond donors (Lipinski definition) is 0. The summed E-state index contributed by atoms with van der Waals surface area (Å²) in [5, 5.41) is 7.07. The number of carbonyl (C=O) groups excluding carboxylic acids is 2. The standard InChI is InChI=1S/C13H11F2N3O4/c1-21-12(19)10-11(13(20)22-2)18(17-16-10)6-7-8(14)4-3-5-9(7)15/h3-5H,6H2,1-2H3. The molecule has 116 valence electrons. The van der Waals surface area contributed by atoms with E-state index in [1.54, 1.807) is 0 Å². The van der Waals surface area contributed by atoms with Gasteiger partial charge in [0.15, 0.2) is 5.69 Å². The third-order valence-electron chi connectivity index (χ3n) is 2.86. The Morgan fingerprint density at radius 2 is 1.73 bits per heavy atom. The van der Waals surface area contributed by atoms with Crippen molar-refractivity contribution in [3.8, 4) is 0 Å². The molecule has 0 radical (unpaired) electrons. The molecular weight excluding hydrogens is 300 g/mol. The summed E-state index contributed by atoms with van der Waals surface area (Å²) in [5.74, 6) is -3.47. The highest BCUT2D eigenvalue weighted by atomic mass is 19.1. The van der Waals surface area contributed by atoms with Crippen LogP contribution in [-0.2, 0) is 16.0 Å². The topological polar surface area (TPSA) is 83.3 Å². The van der Waals surface area contributed by atoms with Gasteiger partial charge in [0.2, 0.25) is 5.69 Å². The lowest BCUT2D eigenvalue weighted by molar-refractivity contribution is 0.0543. The van der Waals surface area contributed by atoms with Crippen molar-refractivity contribution in [1.82, 2.24) is 15.0 Å². The van der Waals surface area contributed by atoms with Gasteiger partial charge in [-0.15, -0.1) is 5.10 Å². The molecule has 1 heterocycles. The molecule has 2 rings (SSSR count). The second-order valence-corrected chi connectivity index (χ2v) is 4.13. The molecule has 0 N–H and O–H groups in total. The lowest BCUT2D eigenvalue weighted by Crippen LogP contribution is -2.17. The first-order valence-electron chi connectivity index (χ1n) is 6.02. The fraction of sp³-hybridized carbons (Fsp3) is 0.231. The highest BCUT2D eigenvalue weighted by Crippen LogP contribution is 2.16. The van der Waals surface area contributed by atoms with Crippen molar-refractivity contribution in [3.63, 3.8) is 0 Å². The van der Waals surface area contributed by atoms with E-state index in [1.807, 2.05) is 0 Å². The third kappa shape index (κ3) is 2.78. The molecule has 0 bridgehead atoms. The quantitative estimate of drug-likeness (QED) is 0.788. The maximum absolute atomic E-state index is 13.7. The molecule has 0 fully saturated rings. The fourth-order valence-electron chi connectivity index (χ4n) is 1.79. The van der Waals surface area contributed by atoms with Crippen LogP contribution in [0.25, 0.3) is 0 Å². The summed E-state index contributed by atoms with van der Waals surface area (Å²) >= 11 is 0. The third-order valence-corrected chi connectivity index (χ3v) is 2.86. The van der Waals surface area contributed by atoms with Crippen LogP contribution >= 0.6 is 0 Å². The number of esters is 2. The molecule has 2 aromatic rings. The van der Waals surface area contributed by atoms with Crippen molar-refractivity contribution in [1.29, 1.82) is 0 Å². The van der Waals surface area contributed by atoms with Gasteiger partial charge in [-0.05, 0) is 12.1 Å². The summed E-state index contributed by atoms with van der Waals surface area (Å²) in [4.78, 5) is 23.3. The Kier molecular flexibility index (Phi) is 4.44.